The topological polar surface area (TPSA) is 72.7 Å². The summed E-state index contributed by atoms with van der Waals surface area (Å²) in [5.41, 5.74) is 0. The molecular formula is C12H21N5OS. The van der Waals surface area contributed by atoms with Crippen molar-refractivity contribution in [3.05, 3.63) is 0 Å². The number of nitrogens with zero attached hydrogens (tertiary/aromatic N) is 4. The molecular weight excluding hydrogens is 262 g/mol. The molecule has 1 aromatic rings. The Morgan fingerprint density at radius 2 is 2.21 bits per heavy atom. The molecule has 0 aromatic carbocycles. The third kappa shape index (κ3) is 4.19. The van der Waals surface area contributed by atoms with Crippen LogP contribution in [0.3, 0.4) is 0 Å². The fourth-order valence-electron chi connectivity index (χ4n) is 2.16. The van der Waals surface area contributed by atoms with Crippen LogP contribution >= 0.6 is 11.8 Å². The fourth-order valence-corrected chi connectivity index (χ4v) is 2.93. The van der Waals surface area contributed by atoms with Gasteiger partial charge in [0.1, 0.15) is 0 Å². The molecule has 0 radical (unpaired) electrons. The number of aromatic nitrogens is 4. The Hall–Kier alpha value is -1.11. The lowest BCUT2D eigenvalue weighted by Gasteiger charge is -2.11. The average molecular weight is 283 g/mol. The second-order valence-corrected chi connectivity index (χ2v) is 6.27. The first-order valence-corrected chi connectivity index (χ1v) is 7.82. The van der Waals surface area contributed by atoms with Crippen molar-refractivity contribution in [3.8, 4) is 0 Å². The van der Waals surface area contributed by atoms with Gasteiger partial charge in [-0.3, -0.25) is 4.79 Å². The lowest BCUT2D eigenvalue weighted by molar-refractivity contribution is -0.118. The van der Waals surface area contributed by atoms with E-state index in [-0.39, 0.29) is 5.91 Å². The summed E-state index contributed by atoms with van der Waals surface area (Å²) in [6, 6.07) is 0.413. The molecule has 1 saturated carbocycles. The first kappa shape index (κ1) is 14.3. The van der Waals surface area contributed by atoms with Crippen molar-refractivity contribution in [1.29, 1.82) is 0 Å². The first-order valence-electron chi connectivity index (χ1n) is 6.84. The van der Waals surface area contributed by atoms with E-state index < -0.39 is 0 Å². The number of carbonyl (C=O) groups excluding carboxylic acids is 1. The molecule has 1 aliphatic rings. The SMILES string of the molecule is CC(C)CNC(=O)CSc1nnnn1C1CCCC1. The molecule has 1 N–H and O–H groups in total. The van der Waals surface area contributed by atoms with Gasteiger partial charge in [-0.05, 0) is 29.2 Å². The predicted octanol–water partition coefficient (Wildman–Crippen LogP) is 1.65. The number of rotatable bonds is 6. The highest BCUT2D eigenvalue weighted by molar-refractivity contribution is 7.99. The van der Waals surface area contributed by atoms with Crippen LogP contribution in [0, 0.1) is 5.92 Å². The van der Waals surface area contributed by atoms with Gasteiger partial charge in [-0.15, -0.1) is 5.10 Å². The first-order chi connectivity index (χ1) is 9.16. The predicted molar refractivity (Wildman–Crippen MR) is 73.9 cm³/mol. The number of nitrogens with one attached hydrogen (secondary N) is 1. The lowest BCUT2D eigenvalue weighted by Crippen LogP contribution is -2.28. The molecule has 1 aromatic heterocycles. The van der Waals surface area contributed by atoms with Crippen molar-refractivity contribution < 1.29 is 4.79 Å². The summed E-state index contributed by atoms with van der Waals surface area (Å²) in [6.45, 7) is 4.87. The van der Waals surface area contributed by atoms with Crippen LogP contribution in [0.5, 0.6) is 0 Å². The molecule has 0 saturated heterocycles. The highest BCUT2D eigenvalue weighted by Gasteiger charge is 2.21. The van der Waals surface area contributed by atoms with Crippen molar-refractivity contribution in [2.45, 2.75) is 50.7 Å². The van der Waals surface area contributed by atoms with Crippen LogP contribution in [-0.2, 0) is 4.79 Å². The minimum Gasteiger partial charge on any atom is -0.355 e. The molecule has 106 valence electrons. The van der Waals surface area contributed by atoms with Crippen molar-refractivity contribution in [2.75, 3.05) is 12.3 Å². The Bertz CT molecular complexity index is 414. The Morgan fingerprint density at radius 1 is 1.47 bits per heavy atom. The molecule has 0 aliphatic heterocycles. The Morgan fingerprint density at radius 3 is 2.89 bits per heavy atom. The van der Waals surface area contributed by atoms with E-state index >= 15 is 0 Å². The van der Waals surface area contributed by atoms with E-state index in [1.54, 1.807) is 0 Å². The van der Waals surface area contributed by atoms with Gasteiger partial charge in [-0.2, -0.15) is 0 Å². The van der Waals surface area contributed by atoms with Crippen LogP contribution in [0.15, 0.2) is 5.16 Å². The minimum atomic E-state index is 0.0414. The van der Waals surface area contributed by atoms with Crippen LogP contribution in [0.1, 0.15) is 45.6 Å². The van der Waals surface area contributed by atoms with Crippen LogP contribution in [0.2, 0.25) is 0 Å². The monoisotopic (exact) mass is 283 g/mol. The molecule has 1 amide bonds. The summed E-state index contributed by atoms with van der Waals surface area (Å²) < 4.78 is 1.88. The lowest BCUT2D eigenvalue weighted by atomic mass is 10.2. The molecule has 0 bridgehead atoms. The fraction of sp³-hybridized carbons (Fsp3) is 0.833. The van der Waals surface area contributed by atoms with Gasteiger partial charge in [-0.1, -0.05) is 38.5 Å². The van der Waals surface area contributed by atoms with Gasteiger partial charge in [0.05, 0.1) is 11.8 Å². The van der Waals surface area contributed by atoms with E-state index in [0.29, 0.717) is 24.3 Å². The van der Waals surface area contributed by atoms with E-state index in [1.807, 2.05) is 4.68 Å². The standard InChI is InChI=1S/C12H21N5OS/c1-9(2)7-13-11(18)8-19-12-14-15-16-17(12)10-5-3-4-6-10/h9-10H,3-8H2,1-2H3,(H,13,18). The second-order valence-electron chi connectivity index (χ2n) is 5.33. The maximum atomic E-state index is 11.7. The largest absolute Gasteiger partial charge is 0.355 e. The van der Waals surface area contributed by atoms with Crippen molar-refractivity contribution in [1.82, 2.24) is 25.5 Å². The van der Waals surface area contributed by atoms with Crippen LogP contribution in [0.4, 0.5) is 0 Å². The zero-order valence-electron chi connectivity index (χ0n) is 11.5. The third-order valence-electron chi connectivity index (χ3n) is 3.17. The maximum absolute atomic E-state index is 11.7. The second kappa shape index (κ2) is 6.88. The highest BCUT2D eigenvalue weighted by Crippen LogP contribution is 2.31. The van der Waals surface area contributed by atoms with Gasteiger partial charge in [0.25, 0.3) is 0 Å². The van der Waals surface area contributed by atoms with Gasteiger partial charge in [-0.25, -0.2) is 4.68 Å². The van der Waals surface area contributed by atoms with E-state index in [0.717, 1.165) is 18.0 Å². The number of hydrogen-bond donors (Lipinski definition) is 1. The summed E-state index contributed by atoms with van der Waals surface area (Å²) in [5.74, 6) is 0.886. The summed E-state index contributed by atoms with van der Waals surface area (Å²) in [4.78, 5) is 11.7. The zero-order valence-corrected chi connectivity index (χ0v) is 12.3. The number of thioether (sulfide) groups is 1. The van der Waals surface area contributed by atoms with Gasteiger partial charge >= 0.3 is 0 Å². The molecule has 0 spiro atoms. The average Bonchev–Trinajstić information content (AvgIpc) is 3.03. The molecule has 0 atom stereocenters. The number of hydrogen-bond acceptors (Lipinski definition) is 5. The van der Waals surface area contributed by atoms with E-state index in [4.69, 9.17) is 0 Å². The molecule has 19 heavy (non-hydrogen) atoms. The van der Waals surface area contributed by atoms with Gasteiger partial charge < -0.3 is 5.32 Å². The van der Waals surface area contributed by atoms with Crippen molar-refractivity contribution in [2.24, 2.45) is 5.92 Å². The number of carbonyl (C=O) groups is 1. The van der Waals surface area contributed by atoms with E-state index in [1.165, 1.54) is 24.6 Å². The molecule has 1 fully saturated rings. The molecule has 1 aliphatic carbocycles. The molecule has 1 heterocycles. The molecule has 7 heteroatoms. The Kier molecular flexibility index (Phi) is 5.18. The summed E-state index contributed by atoms with van der Waals surface area (Å²) in [6.07, 6.45) is 4.75. The zero-order chi connectivity index (χ0) is 13.7. The molecule has 6 nitrogen and oxygen atoms in total. The number of tetrazole rings is 1. The Balaban J connectivity index is 1.82. The van der Waals surface area contributed by atoms with Crippen LogP contribution in [-0.4, -0.2) is 38.4 Å². The summed E-state index contributed by atoms with van der Waals surface area (Å²) in [5, 5.41) is 15.4. The van der Waals surface area contributed by atoms with Crippen LogP contribution in [0.25, 0.3) is 0 Å². The molecule has 0 unspecified atom stereocenters. The normalized spacial score (nSPS) is 16.2. The van der Waals surface area contributed by atoms with Crippen molar-refractivity contribution >= 4 is 17.7 Å². The summed E-state index contributed by atoms with van der Waals surface area (Å²) >= 11 is 1.42. The molecule has 2 rings (SSSR count). The maximum Gasteiger partial charge on any atom is 0.230 e. The Labute approximate surface area is 117 Å². The minimum absolute atomic E-state index is 0.0414. The van der Waals surface area contributed by atoms with Crippen molar-refractivity contribution in [3.63, 3.8) is 0 Å². The van der Waals surface area contributed by atoms with Gasteiger partial charge in [0.2, 0.25) is 11.1 Å². The number of amides is 1. The van der Waals surface area contributed by atoms with Crippen LogP contribution < -0.4 is 5.32 Å². The third-order valence-corrected chi connectivity index (χ3v) is 4.11. The smallest absolute Gasteiger partial charge is 0.230 e. The summed E-state index contributed by atoms with van der Waals surface area (Å²) in [7, 11) is 0. The highest BCUT2D eigenvalue weighted by atomic mass is 32.2. The van der Waals surface area contributed by atoms with E-state index in [2.05, 4.69) is 34.7 Å². The van der Waals surface area contributed by atoms with Gasteiger partial charge in [0, 0.05) is 6.54 Å². The van der Waals surface area contributed by atoms with E-state index in [9.17, 15) is 4.79 Å². The van der Waals surface area contributed by atoms with Gasteiger partial charge in [0.15, 0.2) is 0 Å². The quantitative estimate of drug-likeness (QED) is 0.804.